The Labute approximate surface area is 142 Å². The molecule has 0 saturated carbocycles. The Morgan fingerprint density at radius 3 is 2.59 bits per heavy atom. The van der Waals surface area contributed by atoms with Crippen LogP contribution in [-0.2, 0) is 0 Å². The van der Waals surface area contributed by atoms with E-state index in [1.807, 2.05) is 6.07 Å². The number of nitrogens with one attached hydrogen (secondary N) is 3. The smallest absolute Gasteiger partial charge is 0.167 e. The van der Waals surface area contributed by atoms with Crippen LogP contribution in [-0.4, -0.2) is 32.3 Å². The minimum atomic E-state index is 0.112. The minimum absolute atomic E-state index is 0.112. The first-order valence-corrected chi connectivity index (χ1v) is 8.87. The Morgan fingerprint density at radius 2 is 1.95 bits per heavy atom. The number of hydrogen-bond donors (Lipinski definition) is 3. The molecule has 0 aliphatic heterocycles. The molecule has 3 N–H and O–H groups in total. The zero-order chi connectivity index (χ0) is 15.8. The van der Waals surface area contributed by atoms with Crippen molar-refractivity contribution in [1.82, 2.24) is 10.6 Å². The molecule has 0 unspecified atom stereocenters. The van der Waals surface area contributed by atoms with Crippen molar-refractivity contribution < 1.29 is 4.90 Å². The van der Waals surface area contributed by atoms with Crippen LogP contribution < -0.4 is 15.5 Å². The summed E-state index contributed by atoms with van der Waals surface area (Å²) in [5.41, 5.74) is 1.23. The van der Waals surface area contributed by atoms with Gasteiger partial charge in [-0.25, -0.2) is 0 Å². The maximum absolute atomic E-state index is 5.46. The number of thiophene rings is 1. The van der Waals surface area contributed by atoms with E-state index in [0.717, 1.165) is 24.6 Å². The van der Waals surface area contributed by atoms with Gasteiger partial charge in [0.05, 0.1) is 26.7 Å². The van der Waals surface area contributed by atoms with Crippen LogP contribution in [0, 0.1) is 0 Å². The van der Waals surface area contributed by atoms with Crippen LogP contribution in [0.1, 0.15) is 22.9 Å². The van der Waals surface area contributed by atoms with Gasteiger partial charge in [-0.2, -0.15) is 0 Å². The van der Waals surface area contributed by atoms with Gasteiger partial charge < -0.3 is 15.5 Å². The molecule has 3 nitrogen and oxygen atoms in total. The second kappa shape index (κ2) is 8.88. The van der Waals surface area contributed by atoms with Crippen molar-refractivity contribution in [3.63, 3.8) is 0 Å². The predicted octanol–water partition coefficient (Wildman–Crippen LogP) is 1.84. The summed E-state index contributed by atoms with van der Waals surface area (Å²) in [6.07, 6.45) is 1.11. The molecule has 22 heavy (non-hydrogen) atoms. The molecule has 1 aromatic heterocycles. The molecule has 0 saturated heterocycles. The van der Waals surface area contributed by atoms with Gasteiger partial charge in [-0.15, -0.1) is 11.3 Å². The number of hydrogen-bond acceptors (Lipinski definition) is 2. The predicted molar refractivity (Wildman–Crippen MR) is 98.6 cm³/mol. The molecule has 1 aromatic carbocycles. The van der Waals surface area contributed by atoms with Gasteiger partial charge in [-0.1, -0.05) is 36.4 Å². The number of quaternary nitrogens is 1. The Balaban J connectivity index is 1.94. The normalized spacial score (nSPS) is 12.1. The summed E-state index contributed by atoms with van der Waals surface area (Å²) >= 11 is 7.21. The van der Waals surface area contributed by atoms with Gasteiger partial charge in [0.1, 0.15) is 0 Å². The monoisotopic (exact) mass is 334 g/mol. The first-order chi connectivity index (χ1) is 10.7. The van der Waals surface area contributed by atoms with Crippen LogP contribution in [0.4, 0.5) is 0 Å². The summed E-state index contributed by atoms with van der Waals surface area (Å²) in [7, 11) is 4.33. The largest absolute Gasteiger partial charge is 0.362 e. The SMILES string of the molecule is C[NH+](C)CCCNC(=S)N[C@@H](c1ccccc1)c1cccs1. The van der Waals surface area contributed by atoms with Crippen LogP contribution >= 0.6 is 23.6 Å². The third-order valence-electron chi connectivity index (χ3n) is 3.38. The van der Waals surface area contributed by atoms with Crippen molar-refractivity contribution in [2.75, 3.05) is 27.2 Å². The Hall–Kier alpha value is -1.43. The lowest BCUT2D eigenvalue weighted by Crippen LogP contribution is -3.05. The van der Waals surface area contributed by atoms with E-state index in [1.54, 1.807) is 11.3 Å². The van der Waals surface area contributed by atoms with Gasteiger partial charge in [-0.3, -0.25) is 0 Å². The summed E-state index contributed by atoms with van der Waals surface area (Å²) in [5, 5.41) is 9.58. The van der Waals surface area contributed by atoms with Crippen molar-refractivity contribution in [2.24, 2.45) is 0 Å². The lowest BCUT2D eigenvalue weighted by molar-refractivity contribution is -0.858. The summed E-state index contributed by atoms with van der Waals surface area (Å²) in [6.45, 7) is 2.05. The van der Waals surface area contributed by atoms with Crippen molar-refractivity contribution in [3.8, 4) is 0 Å². The van der Waals surface area contributed by atoms with Crippen LogP contribution in [0.2, 0.25) is 0 Å². The van der Waals surface area contributed by atoms with E-state index < -0.39 is 0 Å². The number of benzene rings is 1. The minimum Gasteiger partial charge on any atom is -0.362 e. The summed E-state index contributed by atoms with van der Waals surface area (Å²) < 4.78 is 0. The summed E-state index contributed by atoms with van der Waals surface area (Å²) in [5.74, 6) is 0. The Bertz CT molecular complexity index is 553. The fourth-order valence-electron chi connectivity index (χ4n) is 2.25. The molecule has 1 heterocycles. The van der Waals surface area contributed by atoms with E-state index in [9.17, 15) is 0 Å². The highest BCUT2D eigenvalue weighted by atomic mass is 32.1. The fourth-order valence-corrected chi connectivity index (χ4v) is 3.27. The van der Waals surface area contributed by atoms with E-state index in [4.69, 9.17) is 12.2 Å². The maximum Gasteiger partial charge on any atom is 0.167 e. The van der Waals surface area contributed by atoms with Crippen LogP contribution in [0.15, 0.2) is 47.8 Å². The highest BCUT2D eigenvalue weighted by Gasteiger charge is 2.15. The molecule has 0 spiro atoms. The van der Waals surface area contributed by atoms with E-state index >= 15 is 0 Å². The lowest BCUT2D eigenvalue weighted by Gasteiger charge is -2.20. The topological polar surface area (TPSA) is 28.5 Å². The molecule has 2 aromatic rings. The molecule has 0 bridgehead atoms. The third-order valence-corrected chi connectivity index (χ3v) is 4.57. The van der Waals surface area contributed by atoms with Crippen LogP contribution in [0.25, 0.3) is 0 Å². The van der Waals surface area contributed by atoms with Crippen LogP contribution in [0.3, 0.4) is 0 Å². The Morgan fingerprint density at radius 1 is 1.18 bits per heavy atom. The third kappa shape index (κ3) is 5.40. The molecular formula is C17H24N3S2+. The van der Waals surface area contributed by atoms with Gasteiger partial charge in [0.2, 0.25) is 0 Å². The lowest BCUT2D eigenvalue weighted by atomic mass is 10.1. The van der Waals surface area contributed by atoms with E-state index in [1.165, 1.54) is 15.3 Å². The molecule has 0 radical (unpaired) electrons. The van der Waals surface area contributed by atoms with Crippen molar-refractivity contribution >= 4 is 28.7 Å². The zero-order valence-corrected chi connectivity index (χ0v) is 14.8. The van der Waals surface area contributed by atoms with Crippen molar-refractivity contribution in [2.45, 2.75) is 12.5 Å². The second-order valence-electron chi connectivity index (χ2n) is 5.57. The number of rotatable bonds is 7. The van der Waals surface area contributed by atoms with Gasteiger partial charge >= 0.3 is 0 Å². The van der Waals surface area contributed by atoms with E-state index in [0.29, 0.717) is 0 Å². The molecular weight excluding hydrogens is 310 g/mol. The second-order valence-corrected chi connectivity index (χ2v) is 6.96. The molecule has 2 rings (SSSR count). The highest BCUT2D eigenvalue weighted by Crippen LogP contribution is 2.25. The molecule has 1 atom stereocenters. The number of thiocarbonyl (C=S) groups is 1. The standard InChI is InChI=1S/C17H23N3S2/c1-20(2)12-7-11-18-17(21)19-16(15-10-6-13-22-15)14-8-4-3-5-9-14/h3-6,8-10,13,16H,7,11-12H2,1-2H3,(H2,18,19,21)/p+1/t16-/m0/s1. The van der Waals surface area contributed by atoms with E-state index in [-0.39, 0.29) is 6.04 Å². The quantitative estimate of drug-likeness (QED) is 0.533. The first kappa shape index (κ1) is 16.9. The molecule has 0 amide bonds. The summed E-state index contributed by atoms with van der Waals surface area (Å²) in [4.78, 5) is 2.73. The molecule has 0 fully saturated rings. The van der Waals surface area contributed by atoms with Crippen LogP contribution in [0.5, 0.6) is 0 Å². The zero-order valence-electron chi connectivity index (χ0n) is 13.1. The maximum atomic E-state index is 5.46. The van der Waals surface area contributed by atoms with Gasteiger partial charge in [0, 0.05) is 17.8 Å². The highest BCUT2D eigenvalue weighted by molar-refractivity contribution is 7.80. The first-order valence-electron chi connectivity index (χ1n) is 7.58. The molecule has 0 aliphatic rings. The van der Waals surface area contributed by atoms with Gasteiger partial charge in [0.25, 0.3) is 0 Å². The van der Waals surface area contributed by atoms with E-state index in [2.05, 4.69) is 66.5 Å². The molecule has 118 valence electrons. The van der Waals surface area contributed by atoms with Crippen molar-refractivity contribution in [1.29, 1.82) is 0 Å². The average molecular weight is 335 g/mol. The van der Waals surface area contributed by atoms with Crippen molar-refractivity contribution in [3.05, 3.63) is 58.3 Å². The summed E-state index contributed by atoms with van der Waals surface area (Å²) in [6, 6.07) is 14.8. The molecule has 5 heteroatoms. The molecule has 0 aliphatic carbocycles. The van der Waals surface area contributed by atoms with Gasteiger partial charge in [0.15, 0.2) is 5.11 Å². The Kier molecular flexibility index (Phi) is 6.83. The van der Waals surface area contributed by atoms with Gasteiger partial charge in [-0.05, 0) is 29.2 Å². The average Bonchev–Trinajstić information content (AvgIpc) is 3.04. The fraction of sp³-hybridized carbons (Fsp3) is 0.353.